The van der Waals surface area contributed by atoms with Crippen molar-refractivity contribution in [2.45, 2.75) is 19.9 Å². The molecule has 134 valence electrons. The normalized spacial score (nSPS) is 11.4. The van der Waals surface area contributed by atoms with Crippen molar-refractivity contribution >= 4 is 17.3 Å². The lowest BCUT2D eigenvalue weighted by atomic mass is 10.2. The van der Waals surface area contributed by atoms with Crippen molar-refractivity contribution in [3.05, 3.63) is 42.5 Å². The molecule has 2 rings (SSSR count). The van der Waals surface area contributed by atoms with E-state index in [1.54, 1.807) is 39.3 Å². The summed E-state index contributed by atoms with van der Waals surface area (Å²) in [6.07, 6.45) is 0. The largest absolute Gasteiger partial charge is 0.493 e. The molecule has 0 fully saturated rings. The van der Waals surface area contributed by atoms with E-state index in [0.29, 0.717) is 23.8 Å². The number of ether oxygens (including phenoxy) is 3. The second-order valence-corrected chi connectivity index (χ2v) is 5.35. The fraction of sp³-hybridized carbons (Fsp3) is 0.316. The number of nitrogens with one attached hydrogen (secondary N) is 2. The van der Waals surface area contributed by atoms with Crippen LogP contribution in [0.15, 0.2) is 42.5 Å². The van der Waals surface area contributed by atoms with Crippen molar-refractivity contribution in [3.8, 4) is 17.2 Å². The summed E-state index contributed by atoms with van der Waals surface area (Å²) < 4.78 is 16.0. The van der Waals surface area contributed by atoms with Crippen LogP contribution in [0.25, 0.3) is 0 Å². The van der Waals surface area contributed by atoms with Crippen LogP contribution >= 0.6 is 0 Å². The number of rotatable bonds is 8. The summed E-state index contributed by atoms with van der Waals surface area (Å²) in [5.74, 6) is 1.72. The Hall–Kier alpha value is -2.89. The van der Waals surface area contributed by atoms with Crippen LogP contribution in [-0.4, -0.2) is 32.8 Å². The molecule has 0 aliphatic carbocycles. The van der Waals surface area contributed by atoms with Crippen LogP contribution in [0.5, 0.6) is 17.2 Å². The van der Waals surface area contributed by atoms with Gasteiger partial charge in [0.25, 0.3) is 0 Å². The first-order valence-electron chi connectivity index (χ1n) is 8.10. The highest BCUT2D eigenvalue weighted by molar-refractivity contribution is 5.96. The van der Waals surface area contributed by atoms with Gasteiger partial charge in [0.05, 0.1) is 26.5 Å². The van der Waals surface area contributed by atoms with E-state index in [9.17, 15) is 4.79 Å². The van der Waals surface area contributed by atoms with Crippen LogP contribution in [0, 0.1) is 0 Å². The van der Waals surface area contributed by atoms with E-state index >= 15 is 0 Å². The van der Waals surface area contributed by atoms with E-state index in [1.807, 2.05) is 31.2 Å². The molecule has 0 aliphatic rings. The fourth-order valence-electron chi connectivity index (χ4n) is 2.33. The van der Waals surface area contributed by atoms with Crippen LogP contribution in [0.3, 0.4) is 0 Å². The molecule has 2 aromatic carbocycles. The van der Waals surface area contributed by atoms with Gasteiger partial charge < -0.3 is 24.8 Å². The molecular weight excluding hydrogens is 320 g/mol. The zero-order valence-corrected chi connectivity index (χ0v) is 15.0. The average Bonchev–Trinajstić information content (AvgIpc) is 2.63. The molecule has 2 aromatic rings. The lowest BCUT2D eigenvalue weighted by molar-refractivity contribution is -0.116. The minimum Gasteiger partial charge on any atom is -0.493 e. The van der Waals surface area contributed by atoms with E-state index < -0.39 is 6.04 Å². The monoisotopic (exact) mass is 344 g/mol. The summed E-state index contributed by atoms with van der Waals surface area (Å²) in [6, 6.07) is 12.3. The molecule has 0 radical (unpaired) electrons. The Bertz CT molecular complexity index is 718. The van der Waals surface area contributed by atoms with E-state index in [1.165, 1.54) is 0 Å². The number of carbonyl (C=O) groups excluding carboxylic acids is 1. The lowest BCUT2D eigenvalue weighted by Gasteiger charge is -2.18. The van der Waals surface area contributed by atoms with Gasteiger partial charge in [0, 0.05) is 11.8 Å². The van der Waals surface area contributed by atoms with Gasteiger partial charge in [-0.05, 0) is 38.1 Å². The number of methoxy groups -OCH3 is 2. The van der Waals surface area contributed by atoms with Gasteiger partial charge in [0.2, 0.25) is 5.91 Å². The van der Waals surface area contributed by atoms with Crippen LogP contribution in [-0.2, 0) is 4.79 Å². The predicted octanol–water partition coefficient (Wildman–Crippen LogP) is 3.54. The molecule has 6 heteroatoms. The predicted molar refractivity (Wildman–Crippen MR) is 98.9 cm³/mol. The van der Waals surface area contributed by atoms with Crippen LogP contribution in [0.4, 0.5) is 11.4 Å². The second kappa shape index (κ2) is 8.82. The van der Waals surface area contributed by atoms with Gasteiger partial charge in [-0.25, -0.2) is 0 Å². The maximum absolute atomic E-state index is 12.5. The molecule has 25 heavy (non-hydrogen) atoms. The van der Waals surface area contributed by atoms with Gasteiger partial charge in [-0.3, -0.25) is 4.79 Å². The molecule has 1 unspecified atom stereocenters. The van der Waals surface area contributed by atoms with Gasteiger partial charge in [-0.15, -0.1) is 0 Å². The van der Waals surface area contributed by atoms with Crippen LogP contribution in [0.2, 0.25) is 0 Å². The number of amides is 1. The molecule has 0 spiro atoms. The minimum absolute atomic E-state index is 0.168. The summed E-state index contributed by atoms with van der Waals surface area (Å²) >= 11 is 0. The fourth-order valence-corrected chi connectivity index (χ4v) is 2.33. The average molecular weight is 344 g/mol. The first-order valence-corrected chi connectivity index (χ1v) is 8.10. The molecule has 1 atom stereocenters. The van der Waals surface area contributed by atoms with Crippen molar-refractivity contribution in [2.24, 2.45) is 0 Å². The summed E-state index contributed by atoms with van der Waals surface area (Å²) in [6.45, 7) is 4.27. The number of para-hydroxylation sites is 2. The number of benzene rings is 2. The van der Waals surface area contributed by atoms with Crippen LogP contribution in [0.1, 0.15) is 13.8 Å². The standard InChI is InChI=1S/C19H24N2O4/c1-5-25-16-9-7-6-8-15(16)20-13(2)19(22)21-14-10-11-17(23-3)18(12-14)24-4/h6-13,20H,5H2,1-4H3,(H,21,22). The zero-order chi connectivity index (χ0) is 18.2. The van der Waals surface area contributed by atoms with E-state index in [-0.39, 0.29) is 5.91 Å². The maximum atomic E-state index is 12.5. The molecule has 0 aliphatic heterocycles. The third kappa shape index (κ3) is 4.79. The molecule has 0 bridgehead atoms. The quantitative estimate of drug-likeness (QED) is 0.766. The lowest BCUT2D eigenvalue weighted by Crippen LogP contribution is -2.32. The van der Waals surface area contributed by atoms with Crippen molar-refractivity contribution < 1.29 is 19.0 Å². The van der Waals surface area contributed by atoms with Gasteiger partial charge in [-0.1, -0.05) is 12.1 Å². The first-order chi connectivity index (χ1) is 12.1. The third-order valence-corrected chi connectivity index (χ3v) is 3.60. The number of anilines is 2. The highest BCUT2D eigenvalue weighted by atomic mass is 16.5. The molecular formula is C19H24N2O4. The summed E-state index contributed by atoms with van der Waals surface area (Å²) in [4.78, 5) is 12.5. The third-order valence-electron chi connectivity index (χ3n) is 3.60. The van der Waals surface area contributed by atoms with Gasteiger partial charge in [-0.2, -0.15) is 0 Å². The number of carbonyl (C=O) groups is 1. The molecule has 0 saturated heterocycles. The van der Waals surface area contributed by atoms with Gasteiger partial charge in [0.15, 0.2) is 11.5 Å². The number of hydrogen-bond donors (Lipinski definition) is 2. The van der Waals surface area contributed by atoms with Gasteiger partial charge >= 0.3 is 0 Å². The Balaban J connectivity index is 2.06. The highest BCUT2D eigenvalue weighted by Crippen LogP contribution is 2.30. The summed E-state index contributed by atoms with van der Waals surface area (Å²) in [5, 5.41) is 6.04. The second-order valence-electron chi connectivity index (χ2n) is 5.35. The molecule has 0 aromatic heterocycles. The van der Waals surface area contributed by atoms with Crippen molar-refractivity contribution in [3.63, 3.8) is 0 Å². The van der Waals surface area contributed by atoms with E-state index in [0.717, 1.165) is 11.4 Å². The molecule has 1 amide bonds. The van der Waals surface area contributed by atoms with Crippen LogP contribution < -0.4 is 24.8 Å². The van der Waals surface area contributed by atoms with Crippen molar-refractivity contribution in [2.75, 3.05) is 31.5 Å². The Morgan fingerprint density at radius 3 is 2.44 bits per heavy atom. The van der Waals surface area contributed by atoms with E-state index in [2.05, 4.69) is 10.6 Å². The maximum Gasteiger partial charge on any atom is 0.246 e. The Morgan fingerprint density at radius 2 is 1.76 bits per heavy atom. The van der Waals surface area contributed by atoms with Crippen molar-refractivity contribution in [1.29, 1.82) is 0 Å². The molecule has 6 nitrogen and oxygen atoms in total. The van der Waals surface area contributed by atoms with Gasteiger partial charge in [0.1, 0.15) is 11.8 Å². The summed E-state index contributed by atoms with van der Waals surface area (Å²) in [7, 11) is 3.12. The number of hydrogen-bond acceptors (Lipinski definition) is 5. The summed E-state index contributed by atoms with van der Waals surface area (Å²) in [5.41, 5.74) is 1.41. The molecule has 0 saturated carbocycles. The smallest absolute Gasteiger partial charge is 0.246 e. The zero-order valence-electron chi connectivity index (χ0n) is 15.0. The minimum atomic E-state index is -0.449. The first kappa shape index (κ1) is 18.4. The SMILES string of the molecule is CCOc1ccccc1NC(C)C(=O)Nc1ccc(OC)c(OC)c1. The Labute approximate surface area is 148 Å². The Kier molecular flexibility index (Phi) is 6.51. The van der Waals surface area contributed by atoms with Crippen molar-refractivity contribution in [1.82, 2.24) is 0 Å². The topological polar surface area (TPSA) is 68.8 Å². The highest BCUT2D eigenvalue weighted by Gasteiger charge is 2.15. The Morgan fingerprint density at radius 1 is 1.04 bits per heavy atom. The molecule has 0 heterocycles. The van der Waals surface area contributed by atoms with E-state index in [4.69, 9.17) is 14.2 Å². The molecule has 2 N–H and O–H groups in total.